The third-order valence-electron chi connectivity index (χ3n) is 6.64. The Labute approximate surface area is 242 Å². The Morgan fingerprint density at radius 1 is 1.00 bits per heavy atom. The minimum absolute atomic E-state index is 0. The van der Waals surface area contributed by atoms with Gasteiger partial charge in [-0.25, -0.2) is 4.39 Å². The second-order valence-electron chi connectivity index (χ2n) is 9.35. The molecule has 1 aliphatic heterocycles. The minimum atomic E-state index is -0.522. The Bertz CT molecular complexity index is 1480. The number of nitrogens with zero attached hydrogens (tertiary/aromatic N) is 6. The molecule has 1 aliphatic rings. The first-order chi connectivity index (χ1) is 18.5. The number of fused-ring (bicyclic) bond motifs is 1. The highest BCUT2D eigenvalue weighted by atomic mass is 35.5. The van der Waals surface area contributed by atoms with Gasteiger partial charge in [-0.3, -0.25) is 9.67 Å². The fourth-order valence-electron chi connectivity index (χ4n) is 4.62. The van der Waals surface area contributed by atoms with Gasteiger partial charge in [-0.05, 0) is 56.3 Å². The molecule has 0 bridgehead atoms. The number of pyridine rings is 1. The van der Waals surface area contributed by atoms with Gasteiger partial charge in [0.1, 0.15) is 17.6 Å². The molecular formula is C27H28Cl3FN8. The van der Waals surface area contributed by atoms with Gasteiger partial charge in [0.15, 0.2) is 0 Å². The van der Waals surface area contributed by atoms with Crippen molar-refractivity contribution >= 4 is 63.6 Å². The van der Waals surface area contributed by atoms with Crippen LogP contribution in [-0.2, 0) is 13.1 Å². The van der Waals surface area contributed by atoms with Crippen molar-refractivity contribution in [3.05, 3.63) is 69.8 Å². The zero-order chi connectivity index (χ0) is 26.5. The predicted molar refractivity (Wildman–Crippen MR) is 156 cm³/mol. The molecule has 0 amide bonds. The molecule has 3 heterocycles. The summed E-state index contributed by atoms with van der Waals surface area (Å²) < 4.78 is 15.5. The van der Waals surface area contributed by atoms with Crippen LogP contribution in [0.5, 0.6) is 0 Å². The van der Waals surface area contributed by atoms with E-state index in [1.165, 1.54) is 44.0 Å². The second kappa shape index (κ2) is 13.3. The zero-order valence-electron chi connectivity index (χ0n) is 21.1. The lowest BCUT2D eigenvalue weighted by atomic mass is 10.1. The molecule has 5 rings (SSSR count). The van der Waals surface area contributed by atoms with Crippen molar-refractivity contribution in [2.24, 2.45) is 0 Å². The smallest absolute Gasteiger partial charge is 0.141 e. The van der Waals surface area contributed by atoms with Crippen molar-refractivity contribution in [3.8, 4) is 6.07 Å². The molecule has 0 radical (unpaired) electrons. The minimum Gasteiger partial charge on any atom is -0.379 e. The third-order valence-corrected chi connectivity index (χ3v) is 7.22. The average Bonchev–Trinajstić information content (AvgIpc) is 3.21. The number of benzene rings is 2. The summed E-state index contributed by atoms with van der Waals surface area (Å²) in [6, 6.07) is 10.1. The number of likely N-dealkylation sites (tertiary alicyclic amines) is 1. The molecule has 0 saturated carbocycles. The lowest BCUT2D eigenvalue weighted by molar-refractivity contribution is 0.267. The Kier molecular flexibility index (Phi) is 9.81. The molecule has 8 nitrogen and oxygen atoms in total. The molecular weight excluding hydrogens is 562 g/mol. The van der Waals surface area contributed by atoms with Crippen LogP contribution in [0.4, 0.5) is 21.5 Å². The Hall–Kier alpha value is -3.16. The summed E-state index contributed by atoms with van der Waals surface area (Å²) in [6.07, 6.45) is 8.58. The molecule has 2 aromatic heterocycles. The Morgan fingerprint density at radius 3 is 2.51 bits per heavy atom. The first kappa shape index (κ1) is 28.8. The van der Waals surface area contributed by atoms with Crippen molar-refractivity contribution < 1.29 is 4.39 Å². The van der Waals surface area contributed by atoms with Gasteiger partial charge in [0.25, 0.3) is 0 Å². The van der Waals surface area contributed by atoms with Crippen molar-refractivity contribution in [2.75, 3.05) is 30.3 Å². The van der Waals surface area contributed by atoms with E-state index in [-0.39, 0.29) is 17.4 Å². The molecule has 204 valence electrons. The number of nitrogens with one attached hydrogen (secondary N) is 2. The van der Waals surface area contributed by atoms with E-state index in [1.807, 2.05) is 16.9 Å². The molecule has 2 N–H and O–H groups in total. The van der Waals surface area contributed by atoms with Gasteiger partial charge in [-0.1, -0.05) is 41.3 Å². The number of hydrogen-bond acceptors (Lipinski definition) is 7. The van der Waals surface area contributed by atoms with Crippen LogP contribution >= 0.6 is 35.6 Å². The summed E-state index contributed by atoms with van der Waals surface area (Å²) in [4.78, 5) is 6.87. The summed E-state index contributed by atoms with van der Waals surface area (Å²) in [5.41, 5.74) is 3.43. The van der Waals surface area contributed by atoms with Crippen LogP contribution in [0, 0.1) is 17.1 Å². The molecule has 0 atom stereocenters. The van der Waals surface area contributed by atoms with E-state index in [0.717, 1.165) is 37.6 Å². The SMILES string of the molecule is Cl.N#Cc1cnc2c(Cl)cc(NCc3cn(CCN4CCCCCC4)nn3)cc2c1Nc1ccc(F)c(Cl)c1. The van der Waals surface area contributed by atoms with Crippen LogP contribution in [0.3, 0.4) is 0 Å². The van der Waals surface area contributed by atoms with Crippen molar-refractivity contribution in [1.82, 2.24) is 24.9 Å². The van der Waals surface area contributed by atoms with Crippen LogP contribution in [0.1, 0.15) is 36.9 Å². The zero-order valence-corrected chi connectivity index (χ0v) is 23.5. The van der Waals surface area contributed by atoms with Crippen LogP contribution < -0.4 is 10.6 Å². The van der Waals surface area contributed by atoms with Crippen LogP contribution in [0.2, 0.25) is 10.0 Å². The number of hydrogen-bond donors (Lipinski definition) is 2. The van der Waals surface area contributed by atoms with E-state index >= 15 is 0 Å². The quantitative estimate of drug-likeness (QED) is 0.233. The summed E-state index contributed by atoms with van der Waals surface area (Å²) in [7, 11) is 0. The number of anilines is 3. The lowest BCUT2D eigenvalue weighted by Gasteiger charge is -2.19. The topological polar surface area (TPSA) is 94.7 Å². The number of aromatic nitrogens is 4. The molecule has 12 heteroatoms. The van der Waals surface area contributed by atoms with Crippen LogP contribution in [0.25, 0.3) is 10.9 Å². The first-order valence-electron chi connectivity index (χ1n) is 12.6. The summed E-state index contributed by atoms with van der Waals surface area (Å²) >= 11 is 12.5. The van der Waals surface area contributed by atoms with Crippen molar-refractivity contribution in [2.45, 2.75) is 38.8 Å². The van der Waals surface area contributed by atoms with E-state index in [1.54, 1.807) is 12.1 Å². The van der Waals surface area contributed by atoms with Crippen LogP contribution in [-0.4, -0.2) is 44.5 Å². The molecule has 4 aromatic rings. The Morgan fingerprint density at radius 2 is 1.77 bits per heavy atom. The number of rotatable bonds is 8. The number of halogens is 4. The molecule has 1 fully saturated rings. The molecule has 0 aliphatic carbocycles. The van der Waals surface area contributed by atoms with Gasteiger partial charge in [-0.2, -0.15) is 5.26 Å². The number of nitriles is 1. The fourth-order valence-corrected chi connectivity index (χ4v) is 5.07. The van der Waals surface area contributed by atoms with E-state index in [2.05, 4.69) is 36.9 Å². The second-order valence-corrected chi connectivity index (χ2v) is 10.2. The Balaban J connectivity index is 0.00000353. The molecule has 2 aromatic carbocycles. The van der Waals surface area contributed by atoms with Gasteiger partial charge in [-0.15, -0.1) is 17.5 Å². The van der Waals surface area contributed by atoms with E-state index in [4.69, 9.17) is 23.2 Å². The molecule has 39 heavy (non-hydrogen) atoms. The summed E-state index contributed by atoms with van der Waals surface area (Å²) in [5, 5.41) is 25.9. The normalized spacial score (nSPS) is 13.9. The third kappa shape index (κ3) is 7.08. The molecule has 0 spiro atoms. The summed E-state index contributed by atoms with van der Waals surface area (Å²) in [5.74, 6) is -0.522. The predicted octanol–water partition coefficient (Wildman–Crippen LogP) is 6.80. The highest BCUT2D eigenvalue weighted by Crippen LogP contribution is 2.35. The van der Waals surface area contributed by atoms with Gasteiger partial charge in [0.2, 0.25) is 0 Å². The molecule has 0 unspecified atom stereocenters. The van der Waals surface area contributed by atoms with E-state index in [9.17, 15) is 9.65 Å². The van der Waals surface area contributed by atoms with Gasteiger partial charge in [0, 0.05) is 29.5 Å². The maximum atomic E-state index is 13.7. The largest absolute Gasteiger partial charge is 0.379 e. The van der Waals surface area contributed by atoms with Crippen molar-refractivity contribution in [1.29, 1.82) is 5.26 Å². The highest BCUT2D eigenvalue weighted by Gasteiger charge is 2.15. The van der Waals surface area contributed by atoms with Crippen LogP contribution in [0.15, 0.2) is 42.7 Å². The lowest BCUT2D eigenvalue weighted by Crippen LogP contribution is -2.28. The van der Waals surface area contributed by atoms with E-state index in [0.29, 0.717) is 39.4 Å². The first-order valence-corrected chi connectivity index (χ1v) is 13.4. The highest BCUT2D eigenvalue weighted by molar-refractivity contribution is 6.36. The average molecular weight is 590 g/mol. The summed E-state index contributed by atoms with van der Waals surface area (Å²) in [6.45, 7) is 4.53. The standard InChI is InChI=1S/C27H27Cl2FN8.ClH/c28-23-12-19(5-6-25(23)30)34-26-18(14-31)15-33-27-22(26)11-20(13-24(27)29)32-16-21-17-38(36-35-21)10-9-37-7-3-1-2-4-8-37;/h5-6,11-13,15,17,32H,1-4,7-10,16H2,(H,33,34);1H. The van der Waals surface area contributed by atoms with E-state index < -0.39 is 5.82 Å². The fraction of sp³-hybridized carbons (Fsp3) is 0.333. The van der Waals surface area contributed by atoms with Gasteiger partial charge in [0.05, 0.1) is 46.1 Å². The van der Waals surface area contributed by atoms with Gasteiger partial charge < -0.3 is 15.5 Å². The maximum Gasteiger partial charge on any atom is 0.141 e. The van der Waals surface area contributed by atoms with Gasteiger partial charge >= 0.3 is 0 Å². The maximum absolute atomic E-state index is 13.7. The molecule has 1 saturated heterocycles. The monoisotopic (exact) mass is 588 g/mol. The van der Waals surface area contributed by atoms with Crippen molar-refractivity contribution in [3.63, 3.8) is 0 Å².